The fourth-order valence-electron chi connectivity index (χ4n) is 1.49. The highest BCUT2D eigenvalue weighted by Crippen LogP contribution is 2.20. The van der Waals surface area contributed by atoms with Crippen LogP contribution in [0.25, 0.3) is 0 Å². The van der Waals surface area contributed by atoms with E-state index >= 15 is 0 Å². The van der Waals surface area contributed by atoms with Crippen molar-refractivity contribution < 1.29 is 14.4 Å². The van der Waals surface area contributed by atoms with Crippen LogP contribution in [0.15, 0.2) is 14.0 Å². The minimum Gasteiger partial charge on any atom is -0.268 e. The molecule has 0 atom stereocenters. The second-order valence-corrected chi connectivity index (χ2v) is 5.41. The van der Waals surface area contributed by atoms with Gasteiger partial charge in [-0.05, 0) is 25.9 Å². The predicted molar refractivity (Wildman–Crippen MR) is 50.9 cm³/mol. The van der Waals surface area contributed by atoms with Crippen LogP contribution in [0, 0.1) is 0 Å². The first-order valence-corrected chi connectivity index (χ1v) is 6.10. The van der Waals surface area contributed by atoms with Crippen molar-refractivity contribution in [3.8, 4) is 0 Å². The summed E-state index contributed by atoms with van der Waals surface area (Å²) in [4.78, 5) is 30.8. The molecular weight excluding hydrogens is 216 g/mol. The Hall–Kier alpha value is -1.68. The van der Waals surface area contributed by atoms with E-state index in [4.69, 9.17) is 0 Å². The second-order valence-electron chi connectivity index (χ2n) is 2.90. The highest BCUT2D eigenvalue weighted by molar-refractivity contribution is 6.74. The molecule has 7 nitrogen and oxygen atoms in total. The third-order valence-corrected chi connectivity index (χ3v) is 4.59. The highest BCUT2D eigenvalue weighted by Gasteiger charge is 2.45. The van der Waals surface area contributed by atoms with E-state index < -0.39 is 8.72 Å². The minimum atomic E-state index is -3.42. The van der Waals surface area contributed by atoms with Crippen LogP contribution in [0.2, 0.25) is 0 Å². The lowest BCUT2D eigenvalue weighted by Gasteiger charge is -2.22. The Kier molecular flexibility index (Phi) is 4.00. The first kappa shape index (κ1) is 11.4. The third-order valence-electron chi connectivity index (χ3n) is 2.12. The van der Waals surface area contributed by atoms with Gasteiger partial charge in [-0.3, -0.25) is 4.57 Å². The predicted octanol–water partition coefficient (Wildman–Crippen LogP) is -0.475. The smallest absolute Gasteiger partial charge is 0.268 e. The van der Waals surface area contributed by atoms with Crippen LogP contribution in [0.3, 0.4) is 0 Å². The Morgan fingerprint density at radius 1 is 0.867 bits per heavy atom. The van der Waals surface area contributed by atoms with Gasteiger partial charge in [0.1, 0.15) is 0 Å². The van der Waals surface area contributed by atoms with Crippen LogP contribution in [0.4, 0.5) is 0 Å². The average molecular weight is 224 g/mol. The lowest BCUT2D eigenvalue weighted by Crippen LogP contribution is -2.48. The van der Waals surface area contributed by atoms with Crippen LogP contribution in [-0.4, -0.2) is 44.6 Å². The van der Waals surface area contributed by atoms with Gasteiger partial charge in [0.15, 0.2) is 0 Å². The average Bonchev–Trinajstić information content (AvgIpc) is 2.72. The van der Waals surface area contributed by atoms with E-state index in [-0.39, 0.29) is 0 Å². The van der Waals surface area contributed by atoms with Gasteiger partial charge in [-0.25, -0.2) is 14.4 Å². The van der Waals surface area contributed by atoms with Gasteiger partial charge in [0, 0.05) is 0 Å². The highest BCUT2D eigenvalue weighted by atomic mass is 28.4. The zero-order chi connectivity index (χ0) is 11.1. The molecule has 0 bridgehead atoms. The van der Waals surface area contributed by atoms with Gasteiger partial charge in [-0.2, -0.15) is 14.0 Å². The van der Waals surface area contributed by atoms with Gasteiger partial charge < -0.3 is 0 Å². The number of isocyanates is 3. The molecule has 1 saturated heterocycles. The fourth-order valence-corrected chi connectivity index (χ4v) is 3.35. The lowest BCUT2D eigenvalue weighted by atomic mass is 10.4. The van der Waals surface area contributed by atoms with Crippen LogP contribution in [-0.2, 0) is 14.4 Å². The van der Waals surface area contributed by atoms with Crippen molar-refractivity contribution in [1.82, 2.24) is 4.57 Å². The third kappa shape index (κ3) is 2.41. The molecular formula is C7H8N4O3Si. The number of hydrogen-bond donors (Lipinski definition) is 0. The van der Waals surface area contributed by atoms with Crippen molar-refractivity contribution in [2.24, 2.45) is 14.0 Å². The van der Waals surface area contributed by atoms with E-state index in [1.165, 1.54) is 18.2 Å². The zero-order valence-electron chi connectivity index (χ0n) is 7.84. The van der Waals surface area contributed by atoms with Gasteiger partial charge in [0.25, 0.3) is 0 Å². The number of nitrogens with zero attached hydrogens (tertiary/aromatic N) is 4. The molecule has 0 radical (unpaired) electrons. The maximum absolute atomic E-state index is 10.3. The Labute approximate surface area is 86.6 Å². The molecule has 0 amide bonds. The molecule has 0 aliphatic carbocycles. The number of carbonyl (C=O) groups excluding carboxylic acids is 3. The van der Waals surface area contributed by atoms with Crippen molar-refractivity contribution in [2.75, 3.05) is 13.1 Å². The lowest BCUT2D eigenvalue weighted by molar-refractivity contribution is 0.505. The van der Waals surface area contributed by atoms with Gasteiger partial charge in [0.2, 0.25) is 18.2 Å². The van der Waals surface area contributed by atoms with Crippen molar-refractivity contribution in [3.05, 3.63) is 0 Å². The summed E-state index contributed by atoms with van der Waals surface area (Å²) < 4.78 is 11.9. The molecule has 1 aliphatic rings. The SMILES string of the molecule is O=C=N[Si](N=C=O)(N=C=O)N1CCCC1. The van der Waals surface area contributed by atoms with Crippen LogP contribution in [0.5, 0.6) is 0 Å². The monoisotopic (exact) mass is 224 g/mol. The molecule has 1 fully saturated rings. The summed E-state index contributed by atoms with van der Waals surface area (Å²) in [6.07, 6.45) is 5.70. The fraction of sp³-hybridized carbons (Fsp3) is 0.571. The first-order chi connectivity index (χ1) is 7.29. The van der Waals surface area contributed by atoms with Gasteiger partial charge >= 0.3 is 8.72 Å². The van der Waals surface area contributed by atoms with Crippen molar-refractivity contribution in [2.45, 2.75) is 12.8 Å². The van der Waals surface area contributed by atoms with Crippen molar-refractivity contribution >= 4 is 27.0 Å². The molecule has 0 aromatic rings. The van der Waals surface area contributed by atoms with E-state index in [0.717, 1.165) is 12.8 Å². The van der Waals surface area contributed by atoms with Gasteiger partial charge in [-0.1, -0.05) is 0 Å². The van der Waals surface area contributed by atoms with Crippen molar-refractivity contribution in [3.63, 3.8) is 0 Å². The summed E-state index contributed by atoms with van der Waals surface area (Å²) in [7, 11) is -3.42. The molecule has 0 aromatic carbocycles. The quantitative estimate of drug-likeness (QED) is 0.366. The van der Waals surface area contributed by atoms with E-state index in [1.807, 2.05) is 0 Å². The van der Waals surface area contributed by atoms with E-state index in [0.29, 0.717) is 13.1 Å². The van der Waals surface area contributed by atoms with Gasteiger partial charge in [-0.15, -0.1) is 0 Å². The summed E-state index contributed by atoms with van der Waals surface area (Å²) in [6.45, 7) is 1.21. The minimum absolute atomic E-state index is 0.605. The Morgan fingerprint density at radius 3 is 1.60 bits per heavy atom. The molecule has 1 heterocycles. The molecule has 78 valence electrons. The molecule has 1 aliphatic heterocycles. The van der Waals surface area contributed by atoms with E-state index in [9.17, 15) is 14.4 Å². The summed E-state index contributed by atoms with van der Waals surface area (Å²) in [5, 5.41) is 0. The summed E-state index contributed by atoms with van der Waals surface area (Å²) >= 11 is 0. The standard InChI is InChI=1S/C7H8N4O3Si/c12-5-8-15(9-6-13,10-7-14)11-3-1-2-4-11/h1-4H2. The molecule has 0 N–H and O–H groups in total. The van der Waals surface area contributed by atoms with E-state index in [1.54, 1.807) is 4.57 Å². The van der Waals surface area contributed by atoms with Crippen LogP contribution < -0.4 is 0 Å². The van der Waals surface area contributed by atoms with E-state index in [2.05, 4.69) is 14.0 Å². The maximum Gasteiger partial charge on any atom is 0.558 e. The second kappa shape index (κ2) is 5.26. The summed E-state index contributed by atoms with van der Waals surface area (Å²) in [6, 6.07) is 0. The number of hydrogen-bond acceptors (Lipinski definition) is 7. The normalized spacial score (nSPS) is 19.2. The Bertz CT molecular complexity index is 328. The molecule has 1 rings (SSSR count). The molecule has 0 unspecified atom stereocenters. The number of rotatable bonds is 4. The van der Waals surface area contributed by atoms with Gasteiger partial charge in [0.05, 0.1) is 0 Å². The first-order valence-electron chi connectivity index (χ1n) is 4.31. The summed E-state index contributed by atoms with van der Waals surface area (Å²) in [5.41, 5.74) is 0. The zero-order valence-corrected chi connectivity index (χ0v) is 8.84. The molecule has 0 spiro atoms. The summed E-state index contributed by atoms with van der Waals surface area (Å²) in [5.74, 6) is 0. The Morgan fingerprint density at radius 2 is 1.27 bits per heavy atom. The van der Waals surface area contributed by atoms with Crippen molar-refractivity contribution in [1.29, 1.82) is 0 Å². The molecule has 15 heavy (non-hydrogen) atoms. The molecule has 8 heteroatoms. The maximum atomic E-state index is 10.3. The van der Waals surface area contributed by atoms with Crippen LogP contribution >= 0.6 is 0 Å². The van der Waals surface area contributed by atoms with Crippen LogP contribution in [0.1, 0.15) is 12.8 Å². The topological polar surface area (TPSA) is 91.5 Å². The molecule has 0 saturated carbocycles. The largest absolute Gasteiger partial charge is 0.558 e. The Balaban J connectivity index is 3.15. The molecule has 0 aromatic heterocycles.